The zero-order valence-corrected chi connectivity index (χ0v) is 13.0. The number of aryl methyl sites for hydroxylation is 1. The summed E-state index contributed by atoms with van der Waals surface area (Å²) in [5.41, 5.74) is -1.37. The predicted molar refractivity (Wildman–Crippen MR) is 80.5 cm³/mol. The summed E-state index contributed by atoms with van der Waals surface area (Å²) in [4.78, 5) is 23.7. The number of nitrogens with one attached hydrogen (secondary N) is 1. The molecule has 0 atom stereocenters. The summed E-state index contributed by atoms with van der Waals surface area (Å²) in [6, 6.07) is 4.18. The van der Waals surface area contributed by atoms with Gasteiger partial charge in [-0.05, 0) is 30.7 Å². The van der Waals surface area contributed by atoms with Gasteiger partial charge in [-0.3, -0.25) is 9.59 Å². The standard InChI is InChI=1S/C15H11ClF4N2O2/c1-8-2-3-10(17)5-12(8)21-13(23)7-22-6-9(15(18,19)20)4-11(16)14(22)24/h2-6H,7H2,1H3,(H,21,23). The fourth-order valence-electron chi connectivity index (χ4n) is 1.95. The van der Waals surface area contributed by atoms with E-state index in [4.69, 9.17) is 11.6 Å². The average Bonchev–Trinajstić information content (AvgIpc) is 2.46. The summed E-state index contributed by atoms with van der Waals surface area (Å²) in [6.45, 7) is 0.917. The number of nitrogens with zero attached hydrogens (tertiary/aromatic N) is 1. The molecule has 4 nitrogen and oxygen atoms in total. The maximum atomic E-state index is 13.2. The second-order valence-electron chi connectivity index (χ2n) is 5.01. The zero-order valence-electron chi connectivity index (χ0n) is 12.2. The number of hydrogen-bond acceptors (Lipinski definition) is 2. The van der Waals surface area contributed by atoms with Gasteiger partial charge in [0.05, 0.1) is 5.56 Å². The molecule has 0 aliphatic heterocycles. The van der Waals surface area contributed by atoms with Gasteiger partial charge in [0.25, 0.3) is 5.56 Å². The molecule has 1 aromatic carbocycles. The van der Waals surface area contributed by atoms with Gasteiger partial charge in [-0.25, -0.2) is 4.39 Å². The first-order valence-corrected chi connectivity index (χ1v) is 6.99. The van der Waals surface area contributed by atoms with E-state index in [1.54, 1.807) is 6.92 Å². The van der Waals surface area contributed by atoms with Crippen LogP contribution in [0.3, 0.4) is 0 Å². The Balaban J connectivity index is 2.27. The molecule has 128 valence electrons. The van der Waals surface area contributed by atoms with Crippen molar-refractivity contribution in [1.29, 1.82) is 0 Å². The molecule has 0 spiro atoms. The summed E-state index contributed by atoms with van der Waals surface area (Å²) in [5.74, 6) is -1.38. The van der Waals surface area contributed by atoms with Gasteiger partial charge in [-0.2, -0.15) is 13.2 Å². The molecule has 0 saturated heterocycles. The lowest BCUT2D eigenvalue weighted by molar-refractivity contribution is -0.138. The molecular formula is C15H11ClF4N2O2. The quantitative estimate of drug-likeness (QED) is 0.848. The number of rotatable bonds is 3. The van der Waals surface area contributed by atoms with Crippen LogP contribution in [0.5, 0.6) is 0 Å². The fourth-order valence-corrected chi connectivity index (χ4v) is 2.17. The number of carbonyl (C=O) groups excluding carboxylic acids is 1. The van der Waals surface area contributed by atoms with E-state index in [1.807, 2.05) is 0 Å². The summed E-state index contributed by atoms with van der Waals surface area (Å²) in [5, 5.41) is 1.69. The first kappa shape index (κ1) is 18.0. The minimum atomic E-state index is -4.71. The Kier molecular flexibility index (Phi) is 4.98. The second kappa shape index (κ2) is 6.64. The van der Waals surface area contributed by atoms with Crippen molar-refractivity contribution in [3.05, 3.63) is 62.8 Å². The fraction of sp³-hybridized carbons (Fsp3) is 0.200. The van der Waals surface area contributed by atoms with Crippen molar-refractivity contribution >= 4 is 23.2 Å². The lowest BCUT2D eigenvalue weighted by Crippen LogP contribution is -2.29. The van der Waals surface area contributed by atoms with E-state index >= 15 is 0 Å². The molecule has 1 heterocycles. The predicted octanol–water partition coefficient (Wildman–Crippen LogP) is 3.61. The molecule has 2 rings (SSSR count). The lowest BCUT2D eigenvalue weighted by Gasteiger charge is -2.13. The Morgan fingerprint density at radius 2 is 1.96 bits per heavy atom. The number of anilines is 1. The second-order valence-corrected chi connectivity index (χ2v) is 5.42. The molecule has 1 amide bonds. The summed E-state index contributed by atoms with van der Waals surface area (Å²) < 4.78 is 52.0. The van der Waals surface area contributed by atoms with Crippen molar-refractivity contribution in [2.75, 3.05) is 5.32 Å². The highest BCUT2D eigenvalue weighted by Gasteiger charge is 2.32. The molecule has 0 aliphatic rings. The van der Waals surface area contributed by atoms with Crippen LogP contribution in [0.2, 0.25) is 5.02 Å². The monoisotopic (exact) mass is 362 g/mol. The van der Waals surface area contributed by atoms with Gasteiger partial charge in [-0.15, -0.1) is 0 Å². The van der Waals surface area contributed by atoms with E-state index in [1.165, 1.54) is 12.1 Å². The minimum Gasteiger partial charge on any atom is -0.324 e. The van der Waals surface area contributed by atoms with Crippen LogP contribution in [-0.4, -0.2) is 10.5 Å². The highest BCUT2D eigenvalue weighted by molar-refractivity contribution is 6.30. The minimum absolute atomic E-state index is 0.158. The molecule has 9 heteroatoms. The lowest BCUT2D eigenvalue weighted by atomic mass is 10.2. The van der Waals surface area contributed by atoms with Crippen LogP contribution in [0.25, 0.3) is 0 Å². The Labute approximate surface area is 138 Å². The van der Waals surface area contributed by atoms with E-state index in [-0.39, 0.29) is 5.69 Å². The van der Waals surface area contributed by atoms with Crippen LogP contribution in [-0.2, 0) is 17.5 Å². The summed E-state index contributed by atoms with van der Waals surface area (Å²) in [6.07, 6.45) is -4.21. The number of halogens is 5. The average molecular weight is 363 g/mol. The van der Waals surface area contributed by atoms with E-state index < -0.39 is 40.6 Å². The SMILES string of the molecule is Cc1ccc(F)cc1NC(=O)Cn1cc(C(F)(F)F)cc(Cl)c1=O. The van der Waals surface area contributed by atoms with E-state index in [9.17, 15) is 27.2 Å². The molecule has 0 aliphatic carbocycles. The molecule has 0 saturated carbocycles. The van der Waals surface area contributed by atoms with Crippen LogP contribution < -0.4 is 10.9 Å². The third-order valence-electron chi connectivity index (χ3n) is 3.16. The van der Waals surface area contributed by atoms with Gasteiger partial charge in [0.15, 0.2) is 0 Å². The Morgan fingerprint density at radius 1 is 1.29 bits per heavy atom. The van der Waals surface area contributed by atoms with Crippen molar-refractivity contribution in [2.45, 2.75) is 19.6 Å². The number of carbonyl (C=O) groups is 1. The van der Waals surface area contributed by atoms with Gasteiger partial charge in [0.2, 0.25) is 5.91 Å². The zero-order chi connectivity index (χ0) is 18.1. The first-order chi connectivity index (χ1) is 11.1. The number of benzene rings is 1. The molecule has 1 aromatic heterocycles. The third kappa shape index (κ3) is 4.14. The smallest absolute Gasteiger partial charge is 0.324 e. The molecule has 24 heavy (non-hydrogen) atoms. The third-order valence-corrected chi connectivity index (χ3v) is 3.43. The van der Waals surface area contributed by atoms with Crippen LogP contribution in [0.15, 0.2) is 35.3 Å². The van der Waals surface area contributed by atoms with Crippen molar-refractivity contribution in [3.63, 3.8) is 0 Å². The summed E-state index contributed by atoms with van der Waals surface area (Å²) >= 11 is 5.50. The Bertz CT molecular complexity index is 846. The highest BCUT2D eigenvalue weighted by Crippen LogP contribution is 2.29. The van der Waals surface area contributed by atoms with E-state index in [0.717, 1.165) is 6.07 Å². The topological polar surface area (TPSA) is 51.1 Å². The first-order valence-electron chi connectivity index (χ1n) is 6.61. The number of alkyl halides is 3. The summed E-state index contributed by atoms with van der Waals surface area (Å²) in [7, 11) is 0. The van der Waals surface area contributed by atoms with Gasteiger partial charge in [0.1, 0.15) is 17.4 Å². The van der Waals surface area contributed by atoms with Crippen molar-refractivity contribution in [3.8, 4) is 0 Å². The number of pyridine rings is 1. The van der Waals surface area contributed by atoms with Gasteiger partial charge < -0.3 is 9.88 Å². The van der Waals surface area contributed by atoms with Crippen LogP contribution >= 0.6 is 11.6 Å². The number of aromatic nitrogens is 1. The van der Waals surface area contributed by atoms with Crippen LogP contribution in [0, 0.1) is 12.7 Å². The molecule has 1 N–H and O–H groups in total. The molecule has 0 unspecified atom stereocenters. The van der Waals surface area contributed by atoms with Crippen molar-refractivity contribution < 1.29 is 22.4 Å². The van der Waals surface area contributed by atoms with Gasteiger partial charge in [0, 0.05) is 11.9 Å². The number of amides is 1. The van der Waals surface area contributed by atoms with Crippen molar-refractivity contribution in [2.24, 2.45) is 0 Å². The number of hydrogen-bond donors (Lipinski definition) is 1. The molecule has 0 fully saturated rings. The normalized spacial score (nSPS) is 11.4. The maximum Gasteiger partial charge on any atom is 0.417 e. The van der Waals surface area contributed by atoms with Crippen LogP contribution in [0.1, 0.15) is 11.1 Å². The maximum absolute atomic E-state index is 13.2. The van der Waals surface area contributed by atoms with Gasteiger partial charge >= 0.3 is 6.18 Å². The molecular weight excluding hydrogens is 352 g/mol. The Morgan fingerprint density at radius 3 is 2.58 bits per heavy atom. The van der Waals surface area contributed by atoms with Crippen molar-refractivity contribution in [1.82, 2.24) is 4.57 Å². The largest absolute Gasteiger partial charge is 0.417 e. The molecule has 2 aromatic rings. The highest BCUT2D eigenvalue weighted by atomic mass is 35.5. The molecule has 0 bridgehead atoms. The van der Waals surface area contributed by atoms with E-state index in [2.05, 4.69) is 5.32 Å². The van der Waals surface area contributed by atoms with Crippen LogP contribution in [0.4, 0.5) is 23.2 Å². The molecule has 0 radical (unpaired) electrons. The van der Waals surface area contributed by atoms with Gasteiger partial charge in [-0.1, -0.05) is 17.7 Å². The Hall–Kier alpha value is -2.35. The van der Waals surface area contributed by atoms with E-state index in [0.29, 0.717) is 22.4 Å².